The second-order valence-electron chi connectivity index (χ2n) is 6.48. The van der Waals surface area contributed by atoms with E-state index in [0.717, 1.165) is 30.1 Å². The SMILES string of the molecule is Cc1nc([C@H]2C[C@@H]3CCN(C(=O)c4cnccn4)C[C@H]3O2)sc1C. The number of carbonyl (C=O) groups excluding carboxylic acids is 1. The van der Waals surface area contributed by atoms with Crippen molar-refractivity contribution in [1.29, 1.82) is 0 Å². The van der Waals surface area contributed by atoms with Crippen molar-refractivity contribution in [3.8, 4) is 0 Å². The highest BCUT2D eigenvalue weighted by molar-refractivity contribution is 7.11. The average Bonchev–Trinajstić information content (AvgIpc) is 3.18. The first-order chi connectivity index (χ1) is 11.6. The number of amides is 1. The standard InChI is InChI=1S/C17H20N4O2S/c1-10-11(2)24-16(20-10)14-7-12-3-6-21(9-15(12)23-14)17(22)13-8-18-4-5-19-13/h4-5,8,12,14-15H,3,6-7,9H2,1-2H3/t12-,14+,15+/m0/s1. The lowest BCUT2D eigenvalue weighted by molar-refractivity contribution is -0.00468. The summed E-state index contributed by atoms with van der Waals surface area (Å²) in [5, 5.41) is 1.08. The van der Waals surface area contributed by atoms with E-state index in [-0.39, 0.29) is 18.1 Å². The topological polar surface area (TPSA) is 68.2 Å². The molecule has 2 aromatic rings. The molecule has 4 rings (SSSR count). The van der Waals surface area contributed by atoms with E-state index in [1.54, 1.807) is 23.7 Å². The van der Waals surface area contributed by atoms with E-state index in [9.17, 15) is 4.79 Å². The molecule has 6 nitrogen and oxygen atoms in total. The normalized spacial score (nSPS) is 26.4. The molecular formula is C17H20N4O2S. The molecule has 1 amide bonds. The van der Waals surface area contributed by atoms with Crippen LogP contribution < -0.4 is 0 Å². The van der Waals surface area contributed by atoms with Crippen molar-refractivity contribution in [2.24, 2.45) is 5.92 Å². The van der Waals surface area contributed by atoms with Crippen LogP contribution in [0.3, 0.4) is 0 Å². The number of rotatable bonds is 2. The smallest absolute Gasteiger partial charge is 0.274 e. The van der Waals surface area contributed by atoms with Crippen LogP contribution in [0, 0.1) is 19.8 Å². The van der Waals surface area contributed by atoms with Gasteiger partial charge in [0.05, 0.1) is 18.0 Å². The van der Waals surface area contributed by atoms with Crippen LogP contribution in [-0.4, -0.2) is 45.0 Å². The fourth-order valence-electron chi connectivity index (χ4n) is 3.48. The molecule has 2 saturated heterocycles. The Labute approximate surface area is 144 Å². The Balaban J connectivity index is 1.45. The summed E-state index contributed by atoms with van der Waals surface area (Å²) in [6.07, 6.45) is 6.79. The fourth-order valence-corrected chi connectivity index (χ4v) is 4.45. The summed E-state index contributed by atoms with van der Waals surface area (Å²) < 4.78 is 6.25. The molecule has 0 aromatic carbocycles. The van der Waals surface area contributed by atoms with Gasteiger partial charge in [0.25, 0.3) is 5.91 Å². The third-order valence-corrected chi connectivity index (χ3v) is 6.11. The molecule has 0 spiro atoms. The van der Waals surface area contributed by atoms with E-state index in [1.807, 2.05) is 11.8 Å². The highest BCUT2D eigenvalue weighted by atomic mass is 32.1. The Bertz CT molecular complexity index is 729. The van der Waals surface area contributed by atoms with Crippen LogP contribution in [0.15, 0.2) is 18.6 Å². The van der Waals surface area contributed by atoms with Crippen LogP contribution in [0.1, 0.15) is 45.0 Å². The molecule has 0 unspecified atom stereocenters. The second kappa shape index (κ2) is 6.22. The summed E-state index contributed by atoms with van der Waals surface area (Å²) in [5.41, 5.74) is 1.49. The molecule has 3 atom stereocenters. The lowest BCUT2D eigenvalue weighted by atomic mass is 9.91. The van der Waals surface area contributed by atoms with Crippen LogP contribution in [0.25, 0.3) is 0 Å². The Morgan fingerprint density at radius 3 is 2.96 bits per heavy atom. The van der Waals surface area contributed by atoms with E-state index in [4.69, 9.17) is 4.74 Å². The first kappa shape index (κ1) is 15.7. The predicted octanol–water partition coefficient (Wildman–Crippen LogP) is 2.54. The van der Waals surface area contributed by atoms with Gasteiger partial charge in [-0.05, 0) is 32.6 Å². The van der Waals surface area contributed by atoms with E-state index >= 15 is 0 Å². The molecule has 24 heavy (non-hydrogen) atoms. The first-order valence-corrected chi connectivity index (χ1v) is 9.08. The van der Waals surface area contributed by atoms with E-state index in [2.05, 4.69) is 21.9 Å². The number of likely N-dealkylation sites (tertiary alicyclic amines) is 1. The van der Waals surface area contributed by atoms with Gasteiger partial charge in [-0.25, -0.2) is 9.97 Å². The molecular weight excluding hydrogens is 324 g/mol. The number of piperidine rings is 1. The van der Waals surface area contributed by atoms with Crippen molar-refractivity contribution < 1.29 is 9.53 Å². The van der Waals surface area contributed by atoms with Gasteiger partial charge in [0, 0.05) is 30.4 Å². The Morgan fingerprint density at radius 1 is 1.38 bits per heavy atom. The van der Waals surface area contributed by atoms with Crippen molar-refractivity contribution in [2.45, 2.75) is 38.9 Å². The third kappa shape index (κ3) is 2.82. The van der Waals surface area contributed by atoms with Crippen molar-refractivity contribution >= 4 is 17.2 Å². The minimum absolute atomic E-state index is 0.0606. The van der Waals surface area contributed by atoms with E-state index in [1.165, 1.54) is 11.1 Å². The van der Waals surface area contributed by atoms with Crippen LogP contribution in [0.5, 0.6) is 0 Å². The van der Waals surface area contributed by atoms with Gasteiger partial charge in [0.2, 0.25) is 0 Å². The third-order valence-electron chi connectivity index (χ3n) is 4.94. The molecule has 0 radical (unpaired) electrons. The number of fused-ring (bicyclic) bond motifs is 1. The highest BCUT2D eigenvalue weighted by Crippen LogP contribution is 2.42. The first-order valence-electron chi connectivity index (χ1n) is 8.26. The van der Waals surface area contributed by atoms with Crippen LogP contribution in [0.2, 0.25) is 0 Å². The second-order valence-corrected chi connectivity index (χ2v) is 7.72. The van der Waals surface area contributed by atoms with Crippen molar-refractivity contribution in [3.63, 3.8) is 0 Å². The fraction of sp³-hybridized carbons (Fsp3) is 0.529. The van der Waals surface area contributed by atoms with Crippen LogP contribution in [0.4, 0.5) is 0 Å². The summed E-state index contributed by atoms with van der Waals surface area (Å²) in [6, 6.07) is 0. The largest absolute Gasteiger partial charge is 0.366 e. The summed E-state index contributed by atoms with van der Waals surface area (Å²) in [7, 11) is 0. The lowest BCUT2D eigenvalue weighted by Crippen LogP contribution is -2.45. The average molecular weight is 344 g/mol. The molecule has 126 valence electrons. The van der Waals surface area contributed by atoms with Crippen LogP contribution in [-0.2, 0) is 4.74 Å². The molecule has 2 aliphatic rings. The lowest BCUT2D eigenvalue weighted by Gasteiger charge is -2.33. The zero-order valence-corrected chi connectivity index (χ0v) is 14.6. The molecule has 2 aliphatic heterocycles. The van der Waals surface area contributed by atoms with E-state index < -0.39 is 0 Å². The maximum atomic E-state index is 12.5. The van der Waals surface area contributed by atoms with Gasteiger partial charge in [-0.15, -0.1) is 11.3 Å². The minimum atomic E-state index is -0.0606. The molecule has 0 N–H and O–H groups in total. The van der Waals surface area contributed by atoms with Gasteiger partial charge >= 0.3 is 0 Å². The van der Waals surface area contributed by atoms with Gasteiger partial charge in [-0.2, -0.15) is 0 Å². The number of aromatic nitrogens is 3. The zero-order valence-electron chi connectivity index (χ0n) is 13.8. The molecule has 7 heteroatoms. The molecule has 4 heterocycles. The van der Waals surface area contributed by atoms with Gasteiger partial charge in [-0.3, -0.25) is 9.78 Å². The molecule has 0 bridgehead atoms. The molecule has 0 saturated carbocycles. The van der Waals surface area contributed by atoms with Crippen molar-refractivity contribution in [1.82, 2.24) is 19.9 Å². The summed E-state index contributed by atoms with van der Waals surface area (Å²) in [5.74, 6) is 0.444. The number of thiazole rings is 1. The van der Waals surface area contributed by atoms with Gasteiger partial charge < -0.3 is 9.64 Å². The summed E-state index contributed by atoms with van der Waals surface area (Å²) >= 11 is 1.73. The molecule has 2 fully saturated rings. The Morgan fingerprint density at radius 2 is 2.25 bits per heavy atom. The van der Waals surface area contributed by atoms with Crippen molar-refractivity contribution in [2.75, 3.05) is 13.1 Å². The quantitative estimate of drug-likeness (QED) is 0.837. The van der Waals surface area contributed by atoms with Gasteiger partial charge in [0.1, 0.15) is 16.8 Å². The number of aryl methyl sites for hydroxylation is 2. The maximum Gasteiger partial charge on any atom is 0.274 e. The number of ether oxygens (including phenoxy) is 1. The van der Waals surface area contributed by atoms with Crippen LogP contribution >= 0.6 is 11.3 Å². The number of hydrogen-bond acceptors (Lipinski definition) is 6. The number of hydrogen-bond donors (Lipinski definition) is 0. The predicted molar refractivity (Wildman–Crippen MR) is 89.9 cm³/mol. The molecule has 0 aliphatic carbocycles. The Hall–Kier alpha value is -1.86. The number of nitrogens with zero attached hydrogens (tertiary/aromatic N) is 4. The molecule has 2 aromatic heterocycles. The highest BCUT2D eigenvalue weighted by Gasteiger charge is 2.42. The van der Waals surface area contributed by atoms with Crippen molar-refractivity contribution in [3.05, 3.63) is 39.9 Å². The van der Waals surface area contributed by atoms with E-state index in [0.29, 0.717) is 18.2 Å². The summed E-state index contributed by atoms with van der Waals surface area (Å²) in [6.45, 7) is 5.51. The monoisotopic (exact) mass is 344 g/mol. The Kier molecular flexibility index (Phi) is 4.05. The zero-order chi connectivity index (χ0) is 16.7. The number of carbonyl (C=O) groups is 1. The maximum absolute atomic E-state index is 12.5. The summed E-state index contributed by atoms with van der Waals surface area (Å²) in [4.78, 5) is 28.4. The van der Waals surface area contributed by atoms with Gasteiger partial charge in [0.15, 0.2) is 0 Å². The minimum Gasteiger partial charge on any atom is -0.366 e. The van der Waals surface area contributed by atoms with Gasteiger partial charge in [-0.1, -0.05) is 0 Å².